The molecule has 0 radical (unpaired) electrons. The van der Waals surface area contributed by atoms with Gasteiger partial charge in [-0.3, -0.25) is 0 Å². The molecule has 0 fully saturated rings. The van der Waals surface area contributed by atoms with Crippen LogP contribution in [0.3, 0.4) is 0 Å². The second-order valence-electron chi connectivity index (χ2n) is 5.21. The Hall–Kier alpha value is 0.799. The standard InChI is InChI=1S/2C6H16N2.2Cu.2H2O/c2*1-7(2)5-6-8(3)4;;;;/h2*5-6H2,1-4H3;;;2*1H2/q;;2*+1;;. The van der Waals surface area contributed by atoms with E-state index in [1.54, 1.807) is 0 Å². The molecule has 0 aromatic heterocycles. The first-order chi connectivity index (χ1) is 7.25. The van der Waals surface area contributed by atoms with Crippen molar-refractivity contribution < 1.29 is 45.1 Å². The van der Waals surface area contributed by atoms with Gasteiger partial charge in [0.25, 0.3) is 0 Å². The van der Waals surface area contributed by atoms with E-state index in [0.717, 1.165) is 26.2 Å². The molecular formula is C12H36Cu2N4O2+2. The first-order valence-corrected chi connectivity index (χ1v) is 5.84. The van der Waals surface area contributed by atoms with Crippen molar-refractivity contribution in [1.29, 1.82) is 0 Å². The van der Waals surface area contributed by atoms with E-state index in [0.29, 0.717) is 0 Å². The average Bonchev–Trinajstić information content (AvgIpc) is 2.12. The van der Waals surface area contributed by atoms with Crippen LogP contribution in [0.1, 0.15) is 0 Å². The number of hydrogen-bond acceptors (Lipinski definition) is 4. The molecule has 0 amide bonds. The van der Waals surface area contributed by atoms with Crippen molar-refractivity contribution >= 4 is 0 Å². The molecule has 0 rings (SSSR count). The quantitative estimate of drug-likeness (QED) is 0.517. The Bertz CT molecular complexity index is 119. The van der Waals surface area contributed by atoms with Crippen molar-refractivity contribution in [2.45, 2.75) is 0 Å². The van der Waals surface area contributed by atoms with Crippen molar-refractivity contribution in [2.75, 3.05) is 82.6 Å². The first-order valence-electron chi connectivity index (χ1n) is 5.84. The van der Waals surface area contributed by atoms with E-state index in [4.69, 9.17) is 0 Å². The molecule has 0 aromatic carbocycles. The van der Waals surface area contributed by atoms with Crippen LogP contribution in [-0.2, 0) is 34.1 Å². The van der Waals surface area contributed by atoms with Crippen LogP contribution in [0.4, 0.5) is 0 Å². The largest absolute Gasteiger partial charge is 1.00 e. The van der Waals surface area contributed by atoms with E-state index in [-0.39, 0.29) is 45.1 Å². The molecule has 0 bridgehead atoms. The maximum absolute atomic E-state index is 2.18. The molecule has 0 aliphatic carbocycles. The van der Waals surface area contributed by atoms with E-state index in [1.807, 2.05) is 0 Å². The van der Waals surface area contributed by atoms with Gasteiger partial charge in [0.2, 0.25) is 0 Å². The van der Waals surface area contributed by atoms with E-state index in [2.05, 4.69) is 76.0 Å². The van der Waals surface area contributed by atoms with Gasteiger partial charge in [0, 0.05) is 26.2 Å². The summed E-state index contributed by atoms with van der Waals surface area (Å²) in [6.45, 7) is 4.58. The van der Waals surface area contributed by atoms with Gasteiger partial charge >= 0.3 is 34.1 Å². The number of hydrogen-bond donors (Lipinski definition) is 0. The van der Waals surface area contributed by atoms with E-state index in [1.165, 1.54) is 0 Å². The minimum absolute atomic E-state index is 0. The monoisotopic (exact) mass is 394 g/mol. The zero-order valence-electron chi connectivity index (χ0n) is 14.2. The van der Waals surface area contributed by atoms with Crippen molar-refractivity contribution in [3.8, 4) is 0 Å². The normalized spacial score (nSPS) is 9.00. The zero-order valence-corrected chi connectivity index (χ0v) is 16.1. The summed E-state index contributed by atoms with van der Waals surface area (Å²) in [4.78, 5) is 8.72. The van der Waals surface area contributed by atoms with Crippen LogP contribution < -0.4 is 0 Å². The SMILES string of the molecule is CN(C)CCN(C)C.CN(C)CCN(C)C.O.O.[Cu+].[Cu+]. The Balaban J connectivity index is -0.0000000408. The predicted octanol–water partition coefficient (Wildman–Crippen LogP) is -1.44. The molecule has 0 heterocycles. The molecule has 8 heteroatoms. The van der Waals surface area contributed by atoms with Gasteiger partial charge in [-0.25, -0.2) is 0 Å². The van der Waals surface area contributed by atoms with Gasteiger partial charge in [-0.15, -0.1) is 0 Å². The first kappa shape index (κ1) is 37.2. The molecule has 0 unspecified atom stereocenters. The maximum atomic E-state index is 2.18. The van der Waals surface area contributed by atoms with Crippen LogP contribution in [0.25, 0.3) is 0 Å². The topological polar surface area (TPSA) is 76.0 Å². The van der Waals surface area contributed by atoms with Crippen LogP contribution in [0.15, 0.2) is 0 Å². The molecule has 0 aromatic rings. The Morgan fingerprint density at radius 3 is 0.550 bits per heavy atom. The predicted molar refractivity (Wildman–Crippen MR) is 81.4 cm³/mol. The Labute approximate surface area is 147 Å². The van der Waals surface area contributed by atoms with E-state index < -0.39 is 0 Å². The Kier molecular flexibility index (Phi) is 46.2. The number of nitrogens with zero attached hydrogens (tertiary/aromatic N) is 4. The fourth-order valence-corrected chi connectivity index (χ4v) is 0.800. The summed E-state index contributed by atoms with van der Waals surface area (Å²) in [6.07, 6.45) is 0. The van der Waals surface area contributed by atoms with Gasteiger partial charge in [-0.05, 0) is 56.4 Å². The third-order valence-corrected chi connectivity index (χ3v) is 1.99. The zero-order chi connectivity index (χ0) is 13.1. The minimum atomic E-state index is 0. The fourth-order valence-electron chi connectivity index (χ4n) is 0.800. The van der Waals surface area contributed by atoms with Crippen molar-refractivity contribution in [3.63, 3.8) is 0 Å². The molecule has 6 nitrogen and oxygen atoms in total. The average molecular weight is 396 g/mol. The van der Waals surface area contributed by atoms with Crippen LogP contribution >= 0.6 is 0 Å². The van der Waals surface area contributed by atoms with Crippen LogP contribution in [-0.4, -0.2) is 113 Å². The Morgan fingerprint density at radius 1 is 0.400 bits per heavy atom. The molecule has 0 saturated carbocycles. The summed E-state index contributed by atoms with van der Waals surface area (Å²) >= 11 is 0. The minimum Gasteiger partial charge on any atom is -0.412 e. The number of likely N-dealkylation sites (N-methyl/N-ethyl adjacent to an activating group) is 4. The molecule has 20 heavy (non-hydrogen) atoms. The van der Waals surface area contributed by atoms with E-state index >= 15 is 0 Å². The van der Waals surface area contributed by atoms with Crippen molar-refractivity contribution in [1.82, 2.24) is 19.6 Å². The van der Waals surface area contributed by atoms with Gasteiger partial charge < -0.3 is 30.6 Å². The van der Waals surface area contributed by atoms with Gasteiger partial charge in [0.15, 0.2) is 0 Å². The van der Waals surface area contributed by atoms with Gasteiger partial charge in [-0.2, -0.15) is 0 Å². The van der Waals surface area contributed by atoms with Gasteiger partial charge in [0.05, 0.1) is 0 Å². The summed E-state index contributed by atoms with van der Waals surface area (Å²) in [5, 5.41) is 0. The van der Waals surface area contributed by atoms with Crippen molar-refractivity contribution in [3.05, 3.63) is 0 Å². The Morgan fingerprint density at radius 2 is 0.500 bits per heavy atom. The second kappa shape index (κ2) is 24.8. The summed E-state index contributed by atoms with van der Waals surface area (Å²) in [7, 11) is 16.7. The summed E-state index contributed by atoms with van der Waals surface area (Å²) < 4.78 is 0. The smallest absolute Gasteiger partial charge is 0.412 e. The summed E-state index contributed by atoms with van der Waals surface area (Å²) in [5.41, 5.74) is 0. The third kappa shape index (κ3) is 51.1. The van der Waals surface area contributed by atoms with Crippen LogP contribution in [0.5, 0.6) is 0 Å². The van der Waals surface area contributed by atoms with Gasteiger partial charge in [-0.1, -0.05) is 0 Å². The molecule has 0 aliphatic rings. The van der Waals surface area contributed by atoms with Crippen molar-refractivity contribution in [2.24, 2.45) is 0 Å². The molecule has 0 aliphatic heterocycles. The number of rotatable bonds is 6. The molecule has 0 atom stereocenters. The molecule has 0 spiro atoms. The second-order valence-corrected chi connectivity index (χ2v) is 5.21. The molecular weight excluding hydrogens is 359 g/mol. The fraction of sp³-hybridized carbons (Fsp3) is 1.00. The maximum Gasteiger partial charge on any atom is 1.00 e. The molecule has 0 saturated heterocycles. The summed E-state index contributed by atoms with van der Waals surface area (Å²) in [5.74, 6) is 0. The molecule has 4 N–H and O–H groups in total. The van der Waals surface area contributed by atoms with Crippen LogP contribution in [0.2, 0.25) is 0 Å². The van der Waals surface area contributed by atoms with Crippen LogP contribution in [0, 0.1) is 0 Å². The van der Waals surface area contributed by atoms with E-state index in [9.17, 15) is 0 Å². The molecule has 136 valence electrons. The third-order valence-electron chi connectivity index (χ3n) is 1.99. The van der Waals surface area contributed by atoms with Gasteiger partial charge in [0.1, 0.15) is 0 Å². The summed E-state index contributed by atoms with van der Waals surface area (Å²) in [6, 6.07) is 0.